The lowest BCUT2D eigenvalue weighted by Gasteiger charge is -2.48. The highest BCUT2D eigenvalue weighted by Gasteiger charge is 2.48. The zero-order valence-electron chi connectivity index (χ0n) is 20.5. The Bertz CT molecular complexity index is 1470. The molecule has 0 spiro atoms. The van der Waals surface area contributed by atoms with Crippen molar-refractivity contribution < 1.29 is 29.4 Å². The molecule has 5 rings (SSSR count). The largest absolute Gasteiger partial charge is 0.507 e. The third-order valence-corrected chi connectivity index (χ3v) is 8.03. The number of hydrogen-bond donors (Lipinski definition) is 4. The molecule has 1 aliphatic rings. The summed E-state index contributed by atoms with van der Waals surface area (Å²) in [4.78, 5) is 33.7. The Kier molecular flexibility index (Phi) is 7.19. The number of carbonyl (C=O) groups is 1. The van der Waals surface area contributed by atoms with Crippen LogP contribution < -0.4 is 10.2 Å². The zero-order valence-corrected chi connectivity index (χ0v) is 21.4. The van der Waals surface area contributed by atoms with Gasteiger partial charge in [0.25, 0.3) is 0 Å². The van der Waals surface area contributed by atoms with E-state index in [1.54, 1.807) is 29.2 Å². The van der Waals surface area contributed by atoms with Gasteiger partial charge in [-0.3, -0.25) is 9.36 Å². The van der Waals surface area contributed by atoms with Crippen molar-refractivity contribution in [1.29, 1.82) is 0 Å². The summed E-state index contributed by atoms with van der Waals surface area (Å²) >= 11 is 0. The molecule has 8 heteroatoms. The van der Waals surface area contributed by atoms with Gasteiger partial charge < -0.3 is 24.9 Å². The summed E-state index contributed by atoms with van der Waals surface area (Å²) in [7, 11) is -4.36. The topological polar surface area (TPSA) is 118 Å². The highest BCUT2D eigenvalue weighted by molar-refractivity contribution is 7.60. The average molecular weight is 530 g/mol. The maximum atomic E-state index is 13.3. The molecule has 0 aliphatic carbocycles. The van der Waals surface area contributed by atoms with Crippen LogP contribution in [0.4, 0.5) is 5.69 Å². The number of hydrogen-bond acceptors (Lipinski definition) is 4. The molecular formula is C30H28NO6P. The zero-order chi connectivity index (χ0) is 26.9. The standard InChI is InChI=1S/C30H28NO6P/c32-27(21-7-3-1-4-8-21)18-17-26-29(31(30(26)34)23-9-5-2-6-10-23)22-13-16-25(28(33)19-22)20-11-14-24(15-12-20)38(35,36)37/h1-16,19,26-27,29,32-33H,17-18H2,(H2,35,36,37). The van der Waals surface area contributed by atoms with E-state index in [0.717, 1.165) is 16.8 Å². The Balaban J connectivity index is 1.42. The molecule has 194 valence electrons. The first-order valence-corrected chi connectivity index (χ1v) is 14.0. The van der Waals surface area contributed by atoms with Crippen LogP contribution in [0.3, 0.4) is 0 Å². The summed E-state index contributed by atoms with van der Waals surface area (Å²) in [5, 5.41) is 21.5. The summed E-state index contributed by atoms with van der Waals surface area (Å²) in [6, 6.07) is 29.5. The lowest BCUT2D eigenvalue weighted by Crippen LogP contribution is -2.55. The minimum atomic E-state index is -4.36. The minimum absolute atomic E-state index is 0.00172. The van der Waals surface area contributed by atoms with Crippen LogP contribution in [0.2, 0.25) is 0 Å². The summed E-state index contributed by atoms with van der Waals surface area (Å²) in [5.41, 5.74) is 3.46. The number of aromatic hydroxyl groups is 1. The van der Waals surface area contributed by atoms with Gasteiger partial charge in [-0.25, -0.2) is 0 Å². The number of carbonyl (C=O) groups excluding carboxylic acids is 1. The summed E-state index contributed by atoms with van der Waals surface area (Å²) in [6.45, 7) is 0. The van der Waals surface area contributed by atoms with E-state index in [9.17, 15) is 29.4 Å². The van der Waals surface area contributed by atoms with Crippen LogP contribution in [0.25, 0.3) is 11.1 Å². The van der Waals surface area contributed by atoms with Gasteiger partial charge in [0, 0.05) is 11.3 Å². The number of rotatable bonds is 8. The van der Waals surface area contributed by atoms with Gasteiger partial charge in [-0.15, -0.1) is 0 Å². The predicted molar refractivity (Wildman–Crippen MR) is 146 cm³/mol. The van der Waals surface area contributed by atoms with Crippen LogP contribution in [0, 0.1) is 5.92 Å². The van der Waals surface area contributed by atoms with Crippen LogP contribution in [-0.4, -0.2) is 25.9 Å². The summed E-state index contributed by atoms with van der Waals surface area (Å²) in [6.07, 6.45) is 0.229. The normalized spacial score (nSPS) is 18.2. The maximum Gasteiger partial charge on any atom is 0.356 e. The molecule has 7 nitrogen and oxygen atoms in total. The van der Waals surface area contributed by atoms with E-state index < -0.39 is 13.7 Å². The first kappa shape index (κ1) is 25.9. The molecule has 1 amide bonds. The number of nitrogens with zero attached hydrogens (tertiary/aromatic N) is 1. The van der Waals surface area contributed by atoms with E-state index in [2.05, 4.69) is 0 Å². The second-order valence-corrected chi connectivity index (χ2v) is 11.1. The van der Waals surface area contributed by atoms with Crippen molar-refractivity contribution in [3.63, 3.8) is 0 Å². The molecule has 0 aromatic heterocycles. The van der Waals surface area contributed by atoms with E-state index in [4.69, 9.17) is 0 Å². The van der Waals surface area contributed by atoms with Crippen LogP contribution >= 0.6 is 7.60 Å². The van der Waals surface area contributed by atoms with Gasteiger partial charge in [0.1, 0.15) is 5.75 Å². The van der Waals surface area contributed by atoms with Gasteiger partial charge in [0.2, 0.25) is 5.91 Å². The molecule has 1 saturated heterocycles. The first-order chi connectivity index (χ1) is 18.2. The Hall–Kier alpha value is -3.74. The van der Waals surface area contributed by atoms with Gasteiger partial charge in [-0.1, -0.05) is 72.8 Å². The molecule has 38 heavy (non-hydrogen) atoms. The van der Waals surface area contributed by atoms with Crippen LogP contribution in [0.15, 0.2) is 103 Å². The SMILES string of the molecule is O=C1C(CCC(O)c2ccccc2)C(c2ccc(-c3ccc(P(=O)(O)O)cc3)c(O)c2)N1c1ccccc1. The smallest absolute Gasteiger partial charge is 0.356 e. The maximum absolute atomic E-state index is 13.3. The molecule has 1 heterocycles. The Morgan fingerprint density at radius 3 is 2.08 bits per heavy atom. The van der Waals surface area contributed by atoms with Crippen molar-refractivity contribution in [1.82, 2.24) is 0 Å². The molecule has 4 aromatic rings. The van der Waals surface area contributed by atoms with Crippen molar-refractivity contribution in [3.8, 4) is 16.9 Å². The van der Waals surface area contributed by atoms with Crippen molar-refractivity contribution in [2.45, 2.75) is 25.0 Å². The Morgan fingerprint density at radius 1 is 0.842 bits per heavy atom. The van der Waals surface area contributed by atoms with Crippen molar-refractivity contribution in [2.75, 3.05) is 4.90 Å². The van der Waals surface area contributed by atoms with Gasteiger partial charge in [-0.2, -0.15) is 0 Å². The average Bonchev–Trinajstić information content (AvgIpc) is 2.92. The Labute approximate surface area is 220 Å². The number of para-hydroxylation sites is 1. The van der Waals surface area contributed by atoms with Crippen molar-refractivity contribution >= 4 is 24.5 Å². The highest BCUT2D eigenvalue weighted by atomic mass is 31.2. The summed E-state index contributed by atoms with van der Waals surface area (Å²) in [5.74, 6) is -0.388. The quantitative estimate of drug-likeness (QED) is 0.187. The Morgan fingerprint density at radius 2 is 1.47 bits per heavy atom. The fourth-order valence-electron chi connectivity index (χ4n) is 5.08. The van der Waals surface area contributed by atoms with E-state index in [1.165, 1.54) is 12.1 Å². The number of aliphatic hydroxyl groups is 1. The molecule has 0 bridgehead atoms. The molecule has 1 fully saturated rings. The third-order valence-electron chi connectivity index (χ3n) is 7.06. The van der Waals surface area contributed by atoms with Crippen molar-refractivity contribution in [3.05, 3.63) is 114 Å². The number of amides is 1. The number of aliphatic hydroxyl groups excluding tert-OH is 1. The van der Waals surface area contributed by atoms with E-state index in [-0.39, 0.29) is 28.9 Å². The monoisotopic (exact) mass is 529 g/mol. The molecule has 3 unspecified atom stereocenters. The third kappa shape index (κ3) is 5.15. The second-order valence-electron chi connectivity index (χ2n) is 9.47. The van der Waals surface area contributed by atoms with Crippen LogP contribution in [-0.2, 0) is 9.36 Å². The molecule has 0 radical (unpaired) electrons. The number of phenolic OH excluding ortho intramolecular Hbond substituents is 1. The molecule has 0 saturated carbocycles. The van der Waals surface area contributed by atoms with E-state index in [1.807, 2.05) is 66.7 Å². The molecule has 1 aliphatic heterocycles. The van der Waals surface area contributed by atoms with Gasteiger partial charge in [0.15, 0.2) is 0 Å². The van der Waals surface area contributed by atoms with Crippen LogP contribution in [0.1, 0.15) is 36.1 Å². The van der Waals surface area contributed by atoms with Gasteiger partial charge >= 0.3 is 7.60 Å². The predicted octanol–water partition coefficient (Wildman–Crippen LogP) is 5.08. The highest BCUT2D eigenvalue weighted by Crippen LogP contribution is 2.47. The molecule has 4 aromatic carbocycles. The van der Waals surface area contributed by atoms with Crippen LogP contribution in [0.5, 0.6) is 5.75 Å². The van der Waals surface area contributed by atoms with Gasteiger partial charge in [0.05, 0.1) is 23.4 Å². The number of anilines is 1. The molecule has 3 atom stereocenters. The van der Waals surface area contributed by atoms with E-state index in [0.29, 0.717) is 24.0 Å². The van der Waals surface area contributed by atoms with E-state index >= 15 is 0 Å². The fourth-order valence-corrected chi connectivity index (χ4v) is 5.62. The molecular weight excluding hydrogens is 501 g/mol. The fraction of sp³-hybridized carbons (Fsp3) is 0.167. The lowest BCUT2D eigenvalue weighted by atomic mass is 9.78. The summed E-state index contributed by atoms with van der Waals surface area (Å²) < 4.78 is 11.5. The van der Waals surface area contributed by atoms with Crippen molar-refractivity contribution in [2.24, 2.45) is 5.92 Å². The lowest BCUT2D eigenvalue weighted by molar-refractivity contribution is -0.131. The second kappa shape index (κ2) is 10.6. The minimum Gasteiger partial charge on any atom is -0.507 e. The number of benzene rings is 4. The molecule has 4 N–H and O–H groups in total. The number of β-lactam (4-membered cyclic amide) rings is 1. The first-order valence-electron chi connectivity index (χ1n) is 12.3. The number of phenols is 1. The van der Waals surface area contributed by atoms with Gasteiger partial charge in [-0.05, 0) is 59.9 Å².